The molecule has 0 spiro atoms. The van der Waals surface area contributed by atoms with Gasteiger partial charge in [0.1, 0.15) is 5.75 Å². The second-order valence-electron chi connectivity index (χ2n) is 4.02. The van der Waals surface area contributed by atoms with Crippen LogP contribution < -0.4 is 4.74 Å². The minimum absolute atomic E-state index is 0.247. The predicted molar refractivity (Wildman–Crippen MR) is 65.1 cm³/mol. The van der Waals surface area contributed by atoms with Crippen molar-refractivity contribution in [3.63, 3.8) is 0 Å². The lowest BCUT2D eigenvalue weighted by molar-refractivity contribution is 0.173. The van der Waals surface area contributed by atoms with E-state index in [0.29, 0.717) is 23.9 Å². The van der Waals surface area contributed by atoms with Crippen LogP contribution in [0.1, 0.15) is 36.7 Å². The number of hydrogen-bond acceptors (Lipinski definition) is 5. The highest BCUT2D eigenvalue weighted by Crippen LogP contribution is 2.20. The molecule has 1 atom stereocenters. The number of hydrogen-bond donors (Lipinski definition) is 1. The fraction of sp³-hybridized carbons (Fsp3) is 0.385. The molecule has 0 aliphatic heterocycles. The lowest BCUT2D eigenvalue weighted by Crippen LogP contribution is -1.97. The molecule has 0 aliphatic rings. The van der Waals surface area contributed by atoms with E-state index in [9.17, 15) is 5.11 Å². The van der Waals surface area contributed by atoms with Crippen LogP contribution in [-0.4, -0.2) is 15.2 Å². The topological polar surface area (TPSA) is 68.4 Å². The van der Waals surface area contributed by atoms with E-state index >= 15 is 0 Å². The van der Waals surface area contributed by atoms with Crippen LogP contribution >= 0.6 is 0 Å². The highest BCUT2D eigenvalue weighted by Gasteiger charge is 2.06. The van der Waals surface area contributed by atoms with Gasteiger partial charge >= 0.3 is 0 Å². The van der Waals surface area contributed by atoms with Crippen molar-refractivity contribution in [1.82, 2.24) is 10.1 Å². The number of nitrogens with zero attached hydrogens (tertiary/aromatic N) is 2. The first kappa shape index (κ1) is 12.6. The molecule has 1 aromatic carbocycles. The molecule has 0 aliphatic carbocycles. The number of benzene rings is 1. The zero-order chi connectivity index (χ0) is 13.0. The molecule has 18 heavy (non-hydrogen) atoms. The van der Waals surface area contributed by atoms with E-state index in [2.05, 4.69) is 10.1 Å². The summed E-state index contributed by atoms with van der Waals surface area (Å²) in [6.45, 7) is 3.94. The maximum absolute atomic E-state index is 9.66. The molecule has 5 nitrogen and oxygen atoms in total. The third-order valence-electron chi connectivity index (χ3n) is 2.58. The molecule has 0 bridgehead atoms. The second-order valence-corrected chi connectivity index (χ2v) is 4.02. The van der Waals surface area contributed by atoms with Gasteiger partial charge in [0.15, 0.2) is 12.4 Å². The number of ether oxygens (including phenoxy) is 1. The zero-order valence-corrected chi connectivity index (χ0v) is 10.5. The van der Waals surface area contributed by atoms with Gasteiger partial charge in [-0.3, -0.25) is 0 Å². The van der Waals surface area contributed by atoms with Crippen LogP contribution in [0, 0.1) is 6.92 Å². The van der Waals surface area contributed by atoms with Crippen molar-refractivity contribution in [2.45, 2.75) is 33.0 Å². The Morgan fingerprint density at radius 2 is 2.06 bits per heavy atom. The summed E-state index contributed by atoms with van der Waals surface area (Å²) >= 11 is 0. The van der Waals surface area contributed by atoms with E-state index in [4.69, 9.17) is 9.26 Å². The summed E-state index contributed by atoms with van der Waals surface area (Å²) in [5, 5.41) is 13.3. The van der Waals surface area contributed by atoms with Gasteiger partial charge in [0.2, 0.25) is 0 Å². The Hall–Kier alpha value is -1.88. The summed E-state index contributed by atoms with van der Waals surface area (Å²) in [5.74, 6) is 1.75. The number of aliphatic hydroxyl groups excluding tert-OH is 1. The first-order valence-electron chi connectivity index (χ1n) is 5.89. The molecule has 1 aromatic heterocycles. The second kappa shape index (κ2) is 5.64. The first-order chi connectivity index (χ1) is 8.69. The van der Waals surface area contributed by atoms with Gasteiger partial charge in [-0.25, -0.2) is 0 Å². The highest BCUT2D eigenvalue weighted by molar-refractivity contribution is 5.28. The molecule has 1 heterocycles. The fourth-order valence-corrected chi connectivity index (χ4v) is 1.57. The van der Waals surface area contributed by atoms with E-state index < -0.39 is 6.10 Å². The highest BCUT2D eigenvalue weighted by atomic mass is 16.5. The molecule has 1 N–H and O–H groups in total. The lowest BCUT2D eigenvalue weighted by atomic mass is 10.1. The average Bonchev–Trinajstić information content (AvgIpc) is 2.82. The molecule has 0 unspecified atom stereocenters. The van der Waals surface area contributed by atoms with Crippen LogP contribution in [0.5, 0.6) is 5.75 Å². The van der Waals surface area contributed by atoms with E-state index in [1.807, 2.05) is 31.2 Å². The molecule has 0 fully saturated rings. The Balaban J connectivity index is 1.94. The summed E-state index contributed by atoms with van der Waals surface area (Å²) in [4.78, 5) is 4.04. The minimum atomic E-state index is -0.419. The van der Waals surface area contributed by atoms with E-state index in [1.165, 1.54) is 0 Å². The van der Waals surface area contributed by atoms with Crippen molar-refractivity contribution in [1.29, 1.82) is 0 Å². The lowest BCUT2D eigenvalue weighted by Gasteiger charge is -2.09. The molecule has 2 aromatic rings. The smallest absolute Gasteiger partial charge is 0.264 e. The zero-order valence-electron chi connectivity index (χ0n) is 10.5. The standard InChI is InChI=1S/C13H16N2O3/c1-3-12(16)10-4-6-11(7-5-10)17-8-13-14-9(2)15-18-13/h4-7,12,16H,3,8H2,1-2H3/t12-/m0/s1. The number of aromatic nitrogens is 2. The molecule has 0 amide bonds. The van der Waals surface area contributed by atoms with E-state index in [1.54, 1.807) is 6.92 Å². The Morgan fingerprint density at radius 3 is 2.61 bits per heavy atom. The largest absolute Gasteiger partial charge is 0.484 e. The van der Waals surface area contributed by atoms with Crippen LogP contribution in [0.4, 0.5) is 0 Å². The van der Waals surface area contributed by atoms with Gasteiger partial charge in [-0.05, 0) is 31.0 Å². The average molecular weight is 248 g/mol. The van der Waals surface area contributed by atoms with E-state index in [0.717, 1.165) is 5.56 Å². The van der Waals surface area contributed by atoms with Crippen LogP contribution in [0.25, 0.3) is 0 Å². The molecule has 5 heteroatoms. The van der Waals surface area contributed by atoms with Crippen molar-refractivity contribution in [2.24, 2.45) is 0 Å². The molecule has 0 saturated heterocycles. The van der Waals surface area contributed by atoms with Gasteiger partial charge in [0.25, 0.3) is 5.89 Å². The van der Waals surface area contributed by atoms with Crippen molar-refractivity contribution < 1.29 is 14.4 Å². The summed E-state index contributed by atoms with van der Waals surface area (Å²) < 4.78 is 10.4. The summed E-state index contributed by atoms with van der Waals surface area (Å²) in [6, 6.07) is 7.33. The van der Waals surface area contributed by atoms with Crippen molar-refractivity contribution in [3.05, 3.63) is 41.5 Å². The predicted octanol–water partition coefficient (Wildman–Crippen LogP) is 2.40. The van der Waals surface area contributed by atoms with Crippen LogP contribution in [-0.2, 0) is 6.61 Å². The molecule has 2 rings (SSSR count). The fourth-order valence-electron chi connectivity index (χ4n) is 1.57. The number of aryl methyl sites for hydroxylation is 1. The van der Waals surface area contributed by atoms with Crippen LogP contribution in [0.2, 0.25) is 0 Å². The minimum Gasteiger partial charge on any atom is -0.484 e. The molecular formula is C13H16N2O3. The quantitative estimate of drug-likeness (QED) is 0.879. The molecule has 0 radical (unpaired) electrons. The molecular weight excluding hydrogens is 232 g/mol. The first-order valence-corrected chi connectivity index (χ1v) is 5.89. The van der Waals surface area contributed by atoms with Gasteiger partial charge < -0.3 is 14.4 Å². The Morgan fingerprint density at radius 1 is 1.33 bits per heavy atom. The monoisotopic (exact) mass is 248 g/mol. The SMILES string of the molecule is CC[C@H](O)c1ccc(OCc2nc(C)no2)cc1. The molecule has 96 valence electrons. The summed E-state index contributed by atoms with van der Waals surface area (Å²) in [7, 11) is 0. The normalized spacial score (nSPS) is 12.4. The van der Waals surface area contributed by atoms with Crippen LogP contribution in [0.15, 0.2) is 28.8 Å². The van der Waals surface area contributed by atoms with E-state index in [-0.39, 0.29) is 6.61 Å². The van der Waals surface area contributed by atoms with Gasteiger partial charge in [-0.15, -0.1) is 0 Å². The summed E-state index contributed by atoms with van der Waals surface area (Å²) in [6.07, 6.45) is 0.277. The van der Waals surface area contributed by atoms with Gasteiger partial charge in [0, 0.05) is 0 Å². The van der Waals surface area contributed by atoms with Gasteiger partial charge in [-0.2, -0.15) is 4.98 Å². The third-order valence-corrected chi connectivity index (χ3v) is 2.58. The van der Waals surface area contributed by atoms with Gasteiger partial charge in [0.05, 0.1) is 6.10 Å². The van der Waals surface area contributed by atoms with Crippen molar-refractivity contribution >= 4 is 0 Å². The summed E-state index contributed by atoms with van der Waals surface area (Å²) in [5.41, 5.74) is 0.887. The van der Waals surface area contributed by atoms with Gasteiger partial charge in [-0.1, -0.05) is 24.2 Å². The Labute approximate surface area is 105 Å². The van der Waals surface area contributed by atoms with Crippen LogP contribution in [0.3, 0.4) is 0 Å². The van der Waals surface area contributed by atoms with Crippen molar-refractivity contribution in [3.8, 4) is 5.75 Å². The van der Waals surface area contributed by atoms with Crippen molar-refractivity contribution in [2.75, 3.05) is 0 Å². The maximum Gasteiger partial charge on any atom is 0.264 e. The number of rotatable bonds is 5. The number of aliphatic hydroxyl groups is 1. The maximum atomic E-state index is 9.66. The molecule has 0 saturated carbocycles. The third kappa shape index (κ3) is 3.07. The Kier molecular flexibility index (Phi) is 3.94. The Bertz CT molecular complexity index is 493.